The van der Waals surface area contributed by atoms with Crippen LogP contribution in [0.3, 0.4) is 0 Å². The lowest BCUT2D eigenvalue weighted by Gasteiger charge is -2.30. The Hall–Kier alpha value is -1.13. The maximum absolute atomic E-state index is 14.0. The summed E-state index contributed by atoms with van der Waals surface area (Å²) in [6.07, 6.45) is -0.0264. The summed E-state index contributed by atoms with van der Waals surface area (Å²) in [6.45, 7) is 7.14. The molecule has 0 aromatic heterocycles. The zero-order valence-electron chi connectivity index (χ0n) is 12.3. The van der Waals surface area contributed by atoms with E-state index in [1.165, 1.54) is 12.1 Å². The minimum absolute atomic E-state index is 0.0264. The zero-order chi connectivity index (χ0) is 15.6. The molecule has 1 rings (SSSR count). The van der Waals surface area contributed by atoms with Crippen LogP contribution < -0.4 is 5.73 Å². The molecule has 0 spiro atoms. The Balaban J connectivity index is 3.07. The molecule has 1 unspecified atom stereocenters. The zero-order valence-corrected chi connectivity index (χ0v) is 13.1. The van der Waals surface area contributed by atoms with Crippen molar-refractivity contribution in [2.24, 2.45) is 5.73 Å². The normalized spacial score (nSPS) is 14.8. The average molecular weight is 302 g/mol. The lowest BCUT2D eigenvalue weighted by molar-refractivity contribution is -0.156. The predicted octanol–water partition coefficient (Wildman–Crippen LogP) is 3.43. The molecule has 0 aliphatic rings. The molecule has 2 N–H and O–H groups in total. The molecule has 0 aliphatic heterocycles. The molecule has 0 radical (unpaired) electrons. The third kappa shape index (κ3) is 4.18. The van der Waals surface area contributed by atoms with Gasteiger partial charge in [0.05, 0.1) is 6.42 Å². The lowest BCUT2D eigenvalue weighted by atomic mass is 9.79. The van der Waals surface area contributed by atoms with Gasteiger partial charge in [0, 0.05) is 22.5 Å². The van der Waals surface area contributed by atoms with Crippen LogP contribution in [0.15, 0.2) is 18.2 Å². The highest BCUT2D eigenvalue weighted by Crippen LogP contribution is 2.35. The van der Waals surface area contributed by atoms with E-state index >= 15 is 0 Å². The number of ether oxygens (including phenoxy) is 1. The quantitative estimate of drug-likeness (QED) is 0.867. The summed E-state index contributed by atoms with van der Waals surface area (Å²) in [7, 11) is 0. The molecule has 112 valence electrons. The first-order chi connectivity index (χ1) is 9.09. The average Bonchev–Trinajstić information content (AvgIpc) is 2.25. The number of hydrogen-bond donors (Lipinski definition) is 1. The van der Waals surface area contributed by atoms with Crippen molar-refractivity contribution in [3.8, 4) is 0 Å². The van der Waals surface area contributed by atoms with Crippen molar-refractivity contribution in [3.05, 3.63) is 34.6 Å². The number of nitrogens with two attached hydrogens (primary N) is 1. The van der Waals surface area contributed by atoms with Gasteiger partial charge in [0.1, 0.15) is 11.4 Å². The van der Waals surface area contributed by atoms with E-state index < -0.39 is 22.8 Å². The van der Waals surface area contributed by atoms with Crippen molar-refractivity contribution in [2.45, 2.75) is 45.1 Å². The van der Waals surface area contributed by atoms with Gasteiger partial charge >= 0.3 is 5.97 Å². The predicted molar refractivity (Wildman–Crippen MR) is 78.3 cm³/mol. The van der Waals surface area contributed by atoms with Crippen molar-refractivity contribution in [2.75, 3.05) is 6.54 Å². The lowest BCUT2D eigenvalue weighted by Crippen LogP contribution is -2.37. The molecule has 3 nitrogen and oxygen atoms in total. The Morgan fingerprint density at radius 3 is 2.40 bits per heavy atom. The highest BCUT2D eigenvalue weighted by Gasteiger charge is 2.34. The smallest absolute Gasteiger partial charge is 0.307 e. The third-order valence-corrected chi connectivity index (χ3v) is 3.29. The maximum Gasteiger partial charge on any atom is 0.307 e. The van der Waals surface area contributed by atoms with Crippen molar-refractivity contribution >= 4 is 17.6 Å². The fourth-order valence-corrected chi connectivity index (χ4v) is 2.42. The molecule has 1 aromatic rings. The minimum Gasteiger partial charge on any atom is -0.460 e. The molecule has 5 heteroatoms. The second kappa shape index (κ2) is 6.10. The van der Waals surface area contributed by atoms with Crippen LogP contribution in [0.2, 0.25) is 5.02 Å². The summed E-state index contributed by atoms with van der Waals surface area (Å²) >= 11 is 6.06. The summed E-state index contributed by atoms with van der Waals surface area (Å²) in [5.41, 5.74) is 4.53. The molecule has 20 heavy (non-hydrogen) atoms. The third-order valence-electron chi connectivity index (χ3n) is 2.97. The van der Waals surface area contributed by atoms with E-state index in [1.807, 2.05) is 0 Å². The molecule has 0 fully saturated rings. The van der Waals surface area contributed by atoms with Crippen LogP contribution in [-0.2, 0) is 14.9 Å². The molecule has 1 atom stereocenters. The van der Waals surface area contributed by atoms with E-state index in [2.05, 4.69) is 0 Å². The standard InChI is InChI=1S/C15H21ClFNO2/c1-14(2,3)20-12(19)8-15(4,9-18)13-10(16)6-5-7-11(13)17/h5-7H,8-9,18H2,1-4H3. The summed E-state index contributed by atoms with van der Waals surface area (Å²) in [5, 5.41) is 0.265. The van der Waals surface area contributed by atoms with Crippen LogP contribution in [0.4, 0.5) is 4.39 Å². The summed E-state index contributed by atoms with van der Waals surface area (Å²) in [4.78, 5) is 12.0. The Bertz CT molecular complexity index is 479. The molecular weight excluding hydrogens is 281 g/mol. The van der Waals surface area contributed by atoms with E-state index in [-0.39, 0.29) is 23.6 Å². The summed E-state index contributed by atoms with van der Waals surface area (Å²) in [6, 6.07) is 4.42. The number of halogens is 2. The van der Waals surface area contributed by atoms with Gasteiger partial charge < -0.3 is 10.5 Å². The largest absolute Gasteiger partial charge is 0.460 e. The Labute approximate surface area is 124 Å². The number of carbonyl (C=O) groups is 1. The second-order valence-corrected chi connectivity index (χ2v) is 6.53. The van der Waals surface area contributed by atoms with Crippen molar-refractivity contribution in [1.29, 1.82) is 0 Å². The van der Waals surface area contributed by atoms with Crippen LogP contribution >= 0.6 is 11.6 Å². The molecule has 1 aromatic carbocycles. The van der Waals surface area contributed by atoms with Gasteiger partial charge in [0.25, 0.3) is 0 Å². The summed E-state index contributed by atoms with van der Waals surface area (Å²) < 4.78 is 19.3. The number of carbonyl (C=O) groups excluding carboxylic acids is 1. The number of hydrogen-bond acceptors (Lipinski definition) is 3. The van der Waals surface area contributed by atoms with Crippen molar-refractivity contribution in [1.82, 2.24) is 0 Å². The molecule has 0 heterocycles. The highest BCUT2D eigenvalue weighted by atomic mass is 35.5. The van der Waals surface area contributed by atoms with Gasteiger partial charge in [-0.3, -0.25) is 4.79 Å². The van der Waals surface area contributed by atoms with E-state index in [0.29, 0.717) is 0 Å². The van der Waals surface area contributed by atoms with Gasteiger partial charge in [-0.1, -0.05) is 24.6 Å². The first kappa shape index (κ1) is 16.9. The molecule has 0 aliphatic carbocycles. The van der Waals surface area contributed by atoms with Crippen molar-refractivity contribution < 1.29 is 13.9 Å². The van der Waals surface area contributed by atoms with Gasteiger partial charge in [-0.15, -0.1) is 0 Å². The van der Waals surface area contributed by atoms with E-state index in [4.69, 9.17) is 22.1 Å². The first-order valence-corrected chi connectivity index (χ1v) is 6.83. The van der Waals surface area contributed by atoms with Crippen LogP contribution in [0.1, 0.15) is 39.7 Å². The maximum atomic E-state index is 14.0. The van der Waals surface area contributed by atoms with Gasteiger partial charge in [-0.2, -0.15) is 0 Å². The van der Waals surface area contributed by atoms with E-state index in [0.717, 1.165) is 0 Å². The minimum atomic E-state index is -0.898. The van der Waals surface area contributed by atoms with Gasteiger partial charge in [-0.25, -0.2) is 4.39 Å². The van der Waals surface area contributed by atoms with Crippen LogP contribution in [-0.4, -0.2) is 18.1 Å². The van der Waals surface area contributed by atoms with E-state index in [1.54, 1.807) is 33.8 Å². The number of benzene rings is 1. The molecule has 0 saturated heterocycles. The van der Waals surface area contributed by atoms with Crippen LogP contribution in [0, 0.1) is 5.82 Å². The number of rotatable bonds is 4. The van der Waals surface area contributed by atoms with E-state index in [9.17, 15) is 9.18 Å². The SMILES string of the molecule is CC(C)(C)OC(=O)CC(C)(CN)c1c(F)cccc1Cl. The topological polar surface area (TPSA) is 52.3 Å². The van der Waals surface area contributed by atoms with Crippen molar-refractivity contribution in [3.63, 3.8) is 0 Å². The van der Waals surface area contributed by atoms with Crippen LogP contribution in [0.25, 0.3) is 0 Å². The van der Waals surface area contributed by atoms with Gasteiger partial charge in [0.2, 0.25) is 0 Å². The van der Waals surface area contributed by atoms with Gasteiger partial charge in [0.15, 0.2) is 0 Å². The molecule has 0 bridgehead atoms. The summed E-state index contributed by atoms with van der Waals surface area (Å²) in [5.74, 6) is -0.890. The van der Waals surface area contributed by atoms with Crippen LogP contribution in [0.5, 0.6) is 0 Å². The highest BCUT2D eigenvalue weighted by molar-refractivity contribution is 6.31. The fourth-order valence-electron chi connectivity index (χ4n) is 2.03. The molecular formula is C15H21ClFNO2. The molecule has 0 saturated carbocycles. The Morgan fingerprint density at radius 2 is 1.95 bits per heavy atom. The first-order valence-electron chi connectivity index (χ1n) is 6.45. The van der Waals surface area contributed by atoms with Gasteiger partial charge in [-0.05, 0) is 32.9 Å². The number of esters is 1. The monoisotopic (exact) mass is 301 g/mol. The Kier molecular flexibility index (Phi) is 5.16. The fraction of sp³-hybridized carbons (Fsp3) is 0.533. The second-order valence-electron chi connectivity index (χ2n) is 6.12. The Morgan fingerprint density at radius 1 is 1.35 bits per heavy atom. The molecule has 0 amide bonds.